The van der Waals surface area contributed by atoms with Crippen LogP contribution in [0.15, 0.2) is 41.3 Å². The normalized spacial score (nSPS) is 12.0. The first kappa shape index (κ1) is 15.6. The Bertz CT molecular complexity index is 741. The number of halogens is 2. The van der Waals surface area contributed by atoms with Crippen LogP contribution in [0.4, 0.5) is 0 Å². The molecule has 0 radical (unpaired) electrons. The van der Waals surface area contributed by atoms with E-state index < -0.39 is 0 Å². The molecule has 0 bridgehead atoms. The summed E-state index contributed by atoms with van der Waals surface area (Å²) < 4.78 is 1.40. The fourth-order valence-corrected chi connectivity index (χ4v) is 2.14. The molecular weight excluding hydrogens is 311 g/mol. The summed E-state index contributed by atoms with van der Waals surface area (Å²) in [4.78, 5) is 23.7. The van der Waals surface area contributed by atoms with Gasteiger partial charge in [0.2, 0.25) is 0 Å². The molecule has 1 heterocycles. The van der Waals surface area contributed by atoms with Crippen molar-refractivity contribution in [3.8, 4) is 0 Å². The van der Waals surface area contributed by atoms with Crippen molar-refractivity contribution in [2.75, 3.05) is 0 Å². The molecule has 110 valence electrons. The van der Waals surface area contributed by atoms with Crippen molar-refractivity contribution in [1.82, 2.24) is 9.88 Å². The Morgan fingerprint density at radius 2 is 1.90 bits per heavy atom. The third-order valence-electron chi connectivity index (χ3n) is 3.16. The Labute approximate surface area is 132 Å². The summed E-state index contributed by atoms with van der Waals surface area (Å²) in [5.41, 5.74) is 0.927. The zero-order chi connectivity index (χ0) is 15.6. The summed E-state index contributed by atoms with van der Waals surface area (Å²) in [6, 6.07) is 7.83. The van der Waals surface area contributed by atoms with Gasteiger partial charge in [-0.2, -0.15) is 0 Å². The Balaban J connectivity index is 2.16. The second kappa shape index (κ2) is 6.33. The molecule has 0 fully saturated rings. The van der Waals surface area contributed by atoms with Crippen molar-refractivity contribution in [2.45, 2.75) is 13.0 Å². The van der Waals surface area contributed by atoms with Gasteiger partial charge in [0, 0.05) is 24.9 Å². The average Bonchev–Trinajstić information content (AvgIpc) is 2.44. The van der Waals surface area contributed by atoms with Crippen molar-refractivity contribution in [3.05, 3.63) is 68.1 Å². The molecule has 1 N–H and O–H groups in total. The monoisotopic (exact) mass is 324 g/mol. The predicted molar refractivity (Wildman–Crippen MR) is 84.0 cm³/mol. The summed E-state index contributed by atoms with van der Waals surface area (Å²) in [6.45, 7) is 1.83. The number of aryl methyl sites for hydroxylation is 1. The highest BCUT2D eigenvalue weighted by molar-refractivity contribution is 6.42. The summed E-state index contributed by atoms with van der Waals surface area (Å²) in [7, 11) is 1.63. The lowest BCUT2D eigenvalue weighted by molar-refractivity contribution is 0.0939. The Hall–Kier alpha value is -1.78. The number of carbonyl (C=O) groups is 1. The number of aromatic nitrogens is 1. The number of pyridine rings is 1. The molecule has 0 aliphatic rings. The molecule has 0 aliphatic carbocycles. The lowest BCUT2D eigenvalue weighted by Gasteiger charge is -2.15. The first-order valence-electron chi connectivity index (χ1n) is 6.31. The quantitative estimate of drug-likeness (QED) is 0.942. The van der Waals surface area contributed by atoms with E-state index in [0.717, 1.165) is 5.56 Å². The van der Waals surface area contributed by atoms with Crippen molar-refractivity contribution in [1.29, 1.82) is 0 Å². The largest absolute Gasteiger partial charge is 0.346 e. The molecule has 1 unspecified atom stereocenters. The first-order valence-corrected chi connectivity index (χ1v) is 7.06. The molecule has 21 heavy (non-hydrogen) atoms. The molecule has 1 atom stereocenters. The smallest absolute Gasteiger partial charge is 0.252 e. The maximum Gasteiger partial charge on any atom is 0.252 e. The lowest BCUT2D eigenvalue weighted by Crippen LogP contribution is -2.28. The first-order chi connectivity index (χ1) is 9.88. The molecule has 0 aliphatic heterocycles. The molecule has 4 nitrogen and oxygen atoms in total. The topological polar surface area (TPSA) is 51.1 Å². The molecule has 0 saturated heterocycles. The van der Waals surface area contributed by atoms with Gasteiger partial charge < -0.3 is 9.88 Å². The van der Waals surface area contributed by atoms with Crippen LogP contribution < -0.4 is 10.9 Å². The number of rotatable bonds is 3. The lowest BCUT2D eigenvalue weighted by atomic mass is 10.1. The van der Waals surface area contributed by atoms with Gasteiger partial charge in [0.05, 0.1) is 16.1 Å². The Morgan fingerprint density at radius 1 is 1.19 bits per heavy atom. The molecule has 6 heteroatoms. The number of benzene rings is 1. The van der Waals surface area contributed by atoms with Crippen LogP contribution in [0.2, 0.25) is 10.0 Å². The minimum atomic E-state index is -0.314. The van der Waals surface area contributed by atoms with Crippen LogP contribution in [-0.2, 0) is 7.05 Å². The van der Waals surface area contributed by atoms with E-state index in [9.17, 15) is 9.59 Å². The van der Waals surface area contributed by atoms with Crippen molar-refractivity contribution in [3.63, 3.8) is 0 Å². The summed E-state index contributed by atoms with van der Waals surface area (Å²) in [6.07, 6.45) is 1.56. The molecule has 1 aromatic carbocycles. The number of hydrogen-bond acceptors (Lipinski definition) is 2. The van der Waals surface area contributed by atoms with E-state index >= 15 is 0 Å². The third kappa shape index (κ3) is 3.65. The van der Waals surface area contributed by atoms with E-state index in [1.807, 2.05) is 6.92 Å². The highest BCUT2D eigenvalue weighted by Gasteiger charge is 2.13. The van der Waals surface area contributed by atoms with E-state index in [1.165, 1.54) is 10.6 Å². The van der Waals surface area contributed by atoms with Gasteiger partial charge in [-0.1, -0.05) is 29.3 Å². The molecule has 0 spiro atoms. The van der Waals surface area contributed by atoms with Gasteiger partial charge in [-0.05, 0) is 30.7 Å². The fourth-order valence-electron chi connectivity index (χ4n) is 1.83. The molecule has 1 aromatic heterocycles. The predicted octanol–water partition coefficient (Wildman–Crippen LogP) is 3.18. The van der Waals surface area contributed by atoms with Crippen LogP contribution in [0, 0.1) is 0 Å². The van der Waals surface area contributed by atoms with Crippen LogP contribution in [0.25, 0.3) is 0 Å². The number of carbonyl (C=O) groups excluding carboxylic acids is 1. The number of amides is 1. The average molecular weight is 325 g/mol. The van der Waals surface area contributed by atoms with Gasteiger partial charge in [0.25, 0.3) is 11.5 Å². The van der Waals surface area contributed by atoms with Gasteiger partial charge in [-0.25, -0.2) is 0 Å². The Kier molecular flexibility index (Phi) is 4.70. The van der Waals surface area contributed by atoms with Crippen molar-refractivity contribution in [2.24, 2.45) is 7.05 Å². The van der Waals surface area contributed by atoms with E-state index in [2.05, 4.69) is 5.32 Å². The van der Waals surface area contributed by atoms with Crippen LogP contribution in [0.3, 0.4) is 0 Å². The second-order valence-corrected chi connectivity index (χ2v) is 5.55. The summed E-state index contributed by atoms with van der Waals surface area (Å²) in [5.74, 6) is -0.314. The van der Waals surface area contributed by atoms with Crippen LogP contribution in [0.5, 0.6) is 0 Å². The highest BCUT2D eigenvalue weighted by atomic mass is 35.5. The SMILES string of the molecule is CC(NC(=O)c1ccn(C)c(=O)c1)c1ccc(Cl)c(Cl)c1. The van der Waals surface area contributed by atoms with Gasteiger partial charge in [0.15, 0.2) is 0 Å². The Morgan fingerprint density at radius 3 is 2.52 bits per heavy atom. The van der Waals surface area contributed by atoms with Crippen molar-refractivity contribution < 1.29 is 4.79 Å². The molecule has 2 aromatic rings. The van der Waals surface area contributed by atoms with Gasteiger partial charge in [-0.15, -0.1) is 0 Å². The second-order valence-electron chi connectivity index (χ2n) is 4.73. The standard InChI is InChI=1S/C15H14Cl2N2O2/c1-9(10-3-4-12(16)13(17)7-10)18-15(21)11-5-6-19(2)14(20)8-11/h3-9H,1-2H3,(H,18,21). The van der Waals surface area contributed by atoms with Crippen LogP contribution >= 0.6 is 23.2 Å². The molecular formula is C15H14Cl2N2O2. The third-order valence-corrected chi connectivity index (χ3v) is 3.90. The van der Waals surface area contributed by atoms with Crippen LogP contribution in [-0.4, -0.2) is 10.5 Å². The van der Waals surface area contributed by atoms with Gasteiger partial charge in [-0.3, -0.25) is 9.59 Å². The maximum atomic E-state index is 12.1. The fraction of sp³-hybridized carbons (Fsp3) is 0.200. The molecule has 2 rings (SSSR count). The number of nitrogens with zero attached hydrogens (tertiary/aromatic N) is 1. The van der Waals surface area contributed by atoms with Crippen molar-refractivity contribution >= 4 is 29.1 Å². The zero-order valence-electron chi connectivity index (χ0n) is 11.6. The maximum absolute atomic E-state index is 12.1. The number of nitrogens with one attached hydrogen (secondary N) is 1. The number of hydrogen-bond donors (Lipinski definition) is 1. The van der Waals surface area contributed by atoms with Gasteiger partial charge in [0.1, 0.15) is 0 Å². The van der Waals surface area contributed by atoms with Crippen LogP contribution in [0.1, 0.15) is 28.9 Å². The van der Waals surface area contributed by atoms with Gasteiger partial charge >= 0.3 is 0 Å². The molecule has 0 saturated carbocycles. The molecule has 1 amide bonds. The highest BCUT2D eigenvalue weighted by Crippen LogP contribution is 2.25. The minimum Gasteiger partial charge on any atom is -0.346 e. The van der Waals surface area contributed by atoms with E-state index in [-0.39, 0.29) is 17.5 Å². The zero-order valence-corrected chi connectivity index (χ0v) is 13.1. The van der Waals surface area contributed by atoms with E-state index in [1.54, 1.807) is 37.5 Å². The van der Waals surface area contributed by atoms with E-state index in [0.29, 0.717) is 15.6 Å². The summed E-state index contributed by atoms with van der Waals surface area (Å²) >= 11 is 11.8. The minimum absolute atomic E-state index is 0.232. The van der Waals surface area contributed by atoms with E-state index in [4.69, 9.17) is 23.2 Å². The summed E-state index contributed by atoms with van der Waals surface area (Å²) in [5, 5.41) is 3.71.